The van der Waals surface area contributed by atoms with Gasteiger partial charge in [0.15, 0.2) is 11.0 Å². The summed E-state index contributed by atoms with van der Waals surface area (Å²) in [5.41, 5.74) is 2.90. The summed E-state index contributed by atoms with van der Waals surface area (Å²) in [5, 5.41) is 11.2. The van der Waals surface area contributed by atoms with Gasteiger partial charge in [0.1, 0.15) is 0 Å². The summed E-state index contributed by atoms with van der Waals surface area (Å²) in [4.78, 5) is 18.1. The Labute approximate surface area is 189 Å². The fraction of sp³-hybridized carbons (Fsp3) is 0.261. The Morgan fingerprint density at radius 1 is 1.10 bits per heavy atom. The van der Waals surface area contributed by atoms with E-state index in [4.69, 9.17) is 11.6 Å². The summed E-state index contributed by atoms with van der Waals surface area (Å²) in [6.45, 7) is 3.62. The number of aromatic nitrogens is 4. The molecule has 0 saturated carbocycles. The lowest BCUT2D eigenvalue weighted by Crippen LogP contribution is -2.34. The van der Waals surface area contributed by atoms with Crippen molar-refractivity contribution in [2.75, 3.05) is 13.1 Å². The average Bonchev–Trinajstić information content (AvgIpc) is 3.53. The van der Waals surface area contributed by atoms with Crippen LogP contribution in [-0.4, -0.2) is 48.9 Å². The summed E-state index contributed by atoms with van der Waals surface area (Å²) >= 11 is 7.57. The third-order valence-electron chi connectivity index (χ3n) is 5.60. The van der Waals surface area contributed by atoms with Gasteiger partial charge in [0.05, 0.1) is 5.25 Å². The van der Waals surface area contributed by atoms with Gasteiger partial charge in [-0.1, -0.05) is 41.6 Å². The first-order valence-electron chi connectivity index (χ1n) is 10.3. The van der Waals surface area contributed by atoms with Crippen molar-refractivity contribution in [1.29, 1.82) is 0 Å². The van der Waals surface area contributed by atoms with Gasteiger partial charge in [-0.25, -0.2) is 0 Å². The highest BCUT2D eigenvalue weighted by Gasteiger charge is 2.27. The molecule has 0 bridgehead atoms. The minimum Gasteiger partial charge on any atom is -0.360 e. The van der Waals surface area contributed by atoms with Gasteiger partial charge >= 0.3 is 0 Å². The zero-order chi connectivity index (χ0) is 21.4. The van der Waals surface area contributed by atoms with E-state index in [1.54, 1.807) is 0 Å². The summed E-state index contributed by atoms with van der Waals surface area (Å²) in [7, 11) is 0. The maximum atomic E-state index is 12.9. The maximum Gasteiger partial charge on any atom is 0.235 e. The number of carbonyl (C=O) groups excluding carboxylic acids is 1. The Morgan fingerprint density at radius 2 is 1.84 bits per heavy atom. The molecule has 2 aromatic heterocycles. The summed E-state index contributed by atoms with van der Waals surface area (Å²) in [6.07, 6.45) is 4.11. The highest BCUT2D eigenvalue weighted by atomic mass is 35.5. The standard InChI is InChI=1S/C23H22ClN5OS/c1-15(22(30)28-12-4-5-13-28)31-23-27-26-21(29(23)17-10-8-16(24)9-11-17)19-14-25-20-7-3-2-6-18(19)20/h2-3,6-11,14-15,25H,4-5,12-13H2,1H3. The second-order valence-electron chi connectivity index (χ2n) is 7.66. The van der Waals surface area contributed by atoms with E-state index in [0.717, 1.165) is 53.9 Å². The number of hydrogen-bond acceptors (Lipinski definition) is 4. The first kappa shape index (κ1) is 20.2. The van der Waals surface area contributed by atoms with E-state index in [1.165, 1.54) is 11.8 Å². The van der Waals surface area contributed by atoms with Crippen molar-refractivity contribution in [2.24, 2.45) is 0 Å². The number of carbonyl (C=O) groups is 1. The van der Waals surface area contributed by atoms with Gasteiger partial charge in [0.2, 0.25) is 5.91 Å². The van der Waals surface area contributed by atoms with Crippen LogP contribution in [0.25, 0.3) is 28.0 Å². The zero-order valence-electron chi connectivity index (χ0n) is 17.1. The number of rotatable bonds is 5. The number of likely N-dealkylation sites (tertiary alicyclic amines) is 1. The molecule has 1 aliphatic heterocycles. The fourth-order valence-electron chi connectivity index (χ4n) is 4.00. The van der Waals surface area contributed by atoms with Crippen LogP contribution in [0.15, 0.2) is 59.9 Å². The van der Waals surface area contributed by atoms with E-state index in [1.807, 2.05) is 65.1 Å². The van der Waals surface area contributed by atoms with Crippen molar-refractivity contribution < 1.29 is 4.79 Å². The lowest BCUT2D eigenvalue weighted by atomic mass is 10.1. The van der Waals surface area contributed by atoms with Crippen LogP contribution in [0.4, 0.5) is 0 Å². The van der Waals surface area contributed by atoms with Gasteiger partial charge in [-0.05, 0) is 50.1 Å². The third kappa shape index (κ3) is 3.83. The molecule has 158 valence electrons. The van der Waals surface area contributed by atoms with E-state index >= 15 is 0 Å². The molecule has 1 aliphatic rings. The summed E-state index contributed by atoms with van der Waals surface area (Å²) in [6, 6.07) is 15.7. The number of nitrogens with one attached hydrogen (secondary N) is 1. The van der Waals surface area contributed by atoms with Crippen LogP contribution < -0.4 is 0 Å². The van der Waals surface area contributed by atoms with Gasteiger partial charge in [0.25, 0.3) is 0 Å². The third-order valence-corrected chi connectivity index (χ3v) is 6.88. The number of nitrogens with zero attached hydrogens (tertiary/aromatic N) is 4. The average molecular weight is 452 g/mol. The molecule has 0 spiro atoms. The number of H-pyrrole nitrogens is 1. The number of benzene rings is 2. The molecular weight excluding hydrogens is 430 g/mol. The molecule has 8 heteroatoms. The first-order chi connectivity index (χ1) is 15.1. The fourth-order valence-corrected chi connectivity index (χ4v) is 5.08. The van der Waals surface area contributed by atoms with E-state index in [0.29, 0.717) is 10.2 Å². The molecule has 1 unspecified atom stereocenters. The van der Waals surface area contributed by atoms with E-state index in [-0.39, 0.29) is 11.2 Å². The Morgan fingerprint density at radius 3 is 2.61 bits per heavy atom. The number of thioether (sulfide) groups is 1. The molecular formula is C23H22ClN5OS. The second-order valence-corrected chi connectivity index (χ2v) is 9.40. The molecule has 0 radical (unpaired) electrons. The van der Waals surface area contributed by atoms with Crippen LogP contribution in [0.3, 0.4) is 0 Å². The molecule has 0 aliphatic carbocycles. The number of para-hydroxylation sites is 1. The van der Waals surface area contributed by atoms with Gasteiger partial charge in [-0.3, -0.25) is 9.36 Å². The van der Waals surface area contributed by atoms with E-state index in [9.17, 15) is 4.79 Å². The van der Waals surface area contributed by atoms with Gasteiger partial charge in [-0.15, -0.1) is 10.2 Å². The number of aromatic amines is 1. The van der Waals surface area contributed by atoms with Gasteiger partial charge in [0, 0.05) is 46.5 Å². The van der Waals surface area contributed by atoms with Crippen molar-refractivity contribution >= 4 is 40.2 Å². The van der Waals surface area contributed by atoms with Crippen LogP contribution in [0.5, 0.6) is 0 Å². The number of halogens is 1. The number of amides is 1. The second kappa shape index (κ2) is 8.40. The predicted octanol–water partition coefficient (Wildman–Crippen LogP) is 5.17. The normalized spacial score (nSPS) is 15.0. The van der Waals surface area contributed by atoms with Crippen molar-refractivity contribution in [2.45, 2.75) is 30.2 Å². The molecule has 5 rings (SSSR count). The van der Waals surface area contributed by atoms with Crippen molar-refractivity contribution in [3.63, 3.8) is 0 Å². The topological polar surface area (TPSA) is 66.8 Å². The lowest BCUT2D eigenvalue weighted by molar-refractivity contribution is -0.129. The van der Waals surface area contributed by atoms with Crippen molar-refractivity contribution in [1.82, 2.24) is 24.6 Å². The Balaban J connectivity index is 1.57. The molecule has 2 aromatic carbocycles. The minimum atomic E-state index is -0.246. The van der Waals surface area contributed by atoms with Gasteiger partial charge in [-0.2, -0.15) is 0 Å². The van der Waals surface area contributed by atoms with E-state index in [2.05, 4.69) is 21.2 Å². The van der Waals surface area contributed by atoms with Crippen LogP contribution in [0.1, 0.15) is 19.8 Å². The highest BCUT2D eigenvalue weighted by Crippen LogP contribution is 2.34. The van der Waals surface area contributed by atoms with E-state index < -0.39 is 0 Å². The minimum absolute atomic E-state index is 0.154. The van der Waals surface area contributed by atoms with Crippen LogP contribution in [0, 0.1) is 0 Å². The predicted molar refractivity (Wildman–Crippen MR) is 125 cm³/mol. The SMILES string of the molecule is CC(Sc1nnc(-c2c[nH]c3ccccc23)n1-c1ccc(Cl)cc1)C(=O)N1CCCC1. The largest absolute Gasteiger partial charge is 0.360 e. The molecule has 1 N–H and O–H groups in total. The zero-order valence-corrected chi connectivity index (χ0v) is 18.7. The molecule has 1 atom stereocenters. The molecule has 31 heavy (non-hydrogen) atoms. The van der Waals surface area contributed by atoms with Gasteiger partial charge < -0.3 is 9.88 Å². The molecule has 3 heterocycles. The highest BCUT2D eigenvalue weighted by molar-refractivity contribution is 8.00. The van der Waals surface area contributed by atoms with Crippen LogP contribution in [0.2, 0.25) is 5.02 Å². The Hall–Kier alpha value is -2.77. The number of hydrogen-bond donors (Lipinski definition) is 1. The van der Waals surface area contributed by atoms with Crippen LogP contribution in [-0.2, 0) is 4.79 Å². The van der Waals surface area contributed by atoms with Crippen LogP contribution >= 0.6 is 23.4 Å². The van der Waals surface area contributed by atoms with Crippen molar-refractivity contribution in [3.05, 3.63) is 59.8 Å². The maximum absolute atomic E-state index is 12.9. The first-order valence-corrected chi connectivity index (χ1v) is 11.6. The van der Waals surface area contributed by atoms with Crippen molar-refractivity contribution in [3.8, 4) is 17.1 Å². The molecule has 1 fully saturated rings. The lowest BCUT2D eigenvalue weighted by Gasteiger charge is -2.20. The smallest absolute Gasteiger partial charge is 0.235 e. The molecule has 4 aromatic rings. The summed E-state index contributed by atoms with van der Waals surface area (Å²) in [5.74, 6) is 0.880. The monoisotopic (exact) mass is 451 g/mol. The summed E-state index contributed by atoms with van der Waals surface area (Å²) < 4.78 is 2.00. The quantitative estimate of drug-likeness (QED) is 0.425. The number of fused-ring (bicyclic) bond motifs is 1. The Bertz CT molecular complexity index is 1230. The molecule has 1 saturated heterocycles. The molecule has 6 nitrogen and oxygen atoms in total. The molecule has 1 amide bonds. The Kier molecular flexibility index (Phi) is 5.46.